The summed E-state index contributed by atoms with van der Waals surface area (Å²) in [4.78, 5) is 12.1. The van der Waals surface area contributed by atoms with Gasteiger partial charge in [-0.15, -0.1) is 0 Å². The number of ether oxygens (including phenoxy) is 2. The number of thioether (sulfide) groups is 1. The van der Waals surface area contributed by atoms with E-state index in [0.29, 0.717) is 18.4 Å². The monoisotopic (exact) mass is 260 g/mol. The third-order valence-electron chi connectivity index (χ3n) is 2.87. The van der Waals surface area contributed by atoms with Gasteiger partial charge < -0.3 is 9.47 Å². The van der Waals surface area contributed by atoms with E-state index in [9.17, 15) is 4.79 Å². The molecule has 0 aromatic heterocycles. The first kappa shape index (κ1) is 14.8. The van der Waals surface area contributed by atoms with Gasteiger partial charge in [0.1, 0.15) is 0 Å². The Hall–Kier alpha value is -0.220. The smallest absolute Gasteiger partial charge is 0.311 e. The summed E-state index contributed by atoms with van der Waals surface area (Å²) in [5.41, 5.74) is 0. The molecule has 100 valence electrons. The minimum atomic E-state index is -0.338. The van der Waals surface area contributed by atoms with E-state index in [2.05, 4.69) is 27.7 Å². The normalized spacial score (nSPS) is 22.8. The summed E-state index contributed by atoms with van der Waals surface area (Å²) in [5.74, 6) is 2.48. The Morgan fingerprint density at radius 1 is 1.41 bits per heavy atom. The van der Waals surface area contributed by atoms with Crippen molar-refractivity contribution >= 4 is 17.7 Å². The van der Waals surface area contributed by atoms with Crippen molar-refractivity contribution in [1.82, 2.24) is 0 Å². The number of hydrogen-bond donors (Lipinski definition) is 0. The molecule has 1 aliphatic heterocycles. The SMILES string of the molecule is CC(C)CC(C(=O)OC1CSCCO1)C(C)C. The number of carbonyl (C=O) groups excluding carboxylic acids is 1. The third kappa shape index (κ3) is 5.30. The topological polar surface area (TPSA) is 35.5 Å². The zero-order chi connectivity index (χ0) is 12.8. The van der Waals surface area contributed by atoms with Gasteiger partial charge in [-0.25, -0.2) is 0 Å². The summed E-state index contributed by atoms with van der Waals surface area (Å²) in [6.45, 7) is 9.10. The molecule has 0 N–H and O–H groups in total. The Balaban J connectivity index is 2.46. The molecule has 1 saturated heterocycles. The quantitative estimate of drug-likeness (QED) is 0.712. The van der Waals surface area contributed by atoms with Gasteiger partial charge in [-0.1, -0.05) is 27.7 Å². The molecule has 2 unspecified atom stereocenters. The largest absolute Gasteiger partial charge is 0.435 e. The van der Waals surface area contributed by atoms with Gasteiger partial charge in [0.2, 0.25) is 6.29 Å². The molecule has 0 radical (unpaired) electrons. The van der Waals surface area contributed by atoms with Crippen molar-refractivity contribution < 1.29 is 14.3 Å². The first-order valence-corrected chi connectivity index (χ1v) is 7.56. The van der Waals surface area contributed by atoms with Gasteiger partial charge in [-0.3, -0.25) is 4.79 Å². The molecule has 0 aromatic carbocycles. The van der Waals surface area contributed by atoms with E-state index in [1.807, 2.05) is 0 Å². The Kier molecular flexibility index (Phi) is 6.34. The summed E-state index contributed by atoms with van der Waals surface area (Å²) in [7, 11) is 0. The van der Waals surface area contributed by atoms with Crippen molar-refractivity contribution in [3.8, 4) is 0 Å². The van der Waals surface area contributed by atoms with Crippen LogP contribution in [-0.2, 0) is 14.3 Å². The molecule has 1 heterocycles. The van der Waals surface area contributed by atoms with E-state index in [-0.39, 0.29) is 18.2 Å². The Labute approximate surface area is 109 Å². The molecule has 4 heteroatoms. The van der Waals surface area contributed by atoms with Crippen LogP contribution in [0.25, 0.3) is 0 Å². The molecule has 0 amide bonds. The fourth-order valence-corrected chi connectivity index (χ4v) is 2.64. The summed E-state index contributed by atoms with van der Waals surface area (Å²) in [6, 6.07) is 0. The summed E-state index contributed by atoms with van der Waals surface area (Å²) in [5, 5.41) is 0. The highest BCUT2D eigenvalue weighted by Gasteiger charge is 2.28. The van der Waals surface area contributed by atoms with Crippen molar-refractivity contribution in [2.75, 3.05) is 18.1 Å². The molecule has 0 bridgehead atoms. The van der Waals surface area contributed by atoms with Crippen LogP contribution in [0.2, 0.25) is 0 Å². The molecule has 0 aliphatic carbocycles. The second kappa shape index (κ2) is 7.27. The van der Waals surface area contributed by atoms with Crippen molar-refractivity contribution in [2.45, 2.75) is 40.4 Å². The average molecular weight is 260 g/mol. The number of carbonyl (C=O) groups is 1. The number of hydrogen-bond acceptors (Lipinski definition) is 4. The Morgan fingerprint density at radius 3 is 2.59 bits per heavy atom. The predicted molar refractivity (Wildman–Crippen MR) is 70.9 cm³/mol. The summed E-state index contributed by atoms with van der Waals surface area (Å²) < 4.78 is 10.9. The lowest BCUT2D eigenvalue weighted by Gasteiger charge is -2.26. The maximum Gasteiger partial charge on any atom is 0.311 e. The highest BCUT2D eigenvalue weighted by atomic mass is 32.2. The zero-order valence-electron chi connectivity index (χ0n) is 11.3. The van der Waals surface area contributed by atoms with Crippen LogP contribution in [0, 0.1) is 17.8 Å². The molecule has 0 saturated carbocycles. The van der Waals surface area contributed by atoms with E-state index in [1.165, 1.54) is 0 Å². The standard InChI is InChI=1S/C13H24O3S/c1-9(2)7-11(10(3)4)13(14)16-12-8-17-6-5-15-12/h9-12H,5-8H2,1-4H3. The highest BCUT2D eigenvalue weighted by Crippen LogP contribution is 2.23. The second-order valence-electron chi connectivity index (χ2n) is 5.29. The van der Waals surface area contributed by atoms with Crippen LogP contribution in [0.3, 0.4) is 0 Å². The molecular weight excluding hydrogens is 236 g/mol. The minimum Gasteiger partial charge on any atom is -0.435 e. The lowest BCUT2D eigenvalue weighted by Crippen LogP contribution is -2.33. The molecule has 1 rings (SSSR count). The Bertz CT molecular complexity index is 235. The minimum absolute atomic E-state index is 0.00877. The van der Waals surface area contributed by atoms with Crippen LogP contribution in [-0.4, -0.2) is 30.4 Å². The van der Waals surface area contributed by atoms with Gasteiger partial charge in [0.15, 0.2) is 0 Å². The fraction of sp³-hybridized carbons (Fsp3) is 0.923. The van der Waals surface area contributed by atoms with Crippen molar-refractivity contribution in [2.24, 2.45) is 17.8 Å². The first-order valence-electron chi connectivity index (χ1n) is 6.40. The molecule has 3 nitrogen and oxygen atoms in total. The van der Waals surface area contributed by atoms with Gasteiger partial charge in [0.05, 0.1) is 18.3 Å². The van der Waals surface area contributed by atoms with Crippen molar-refractivity contribution in [1.29, 1.82) is 0 Å². The van der Waals surface area contributed by atoms with Crippen molar-refractivity contribution in [3.63, 3.8) is 0 Å². The van der Waals surface area contributed by atoms with Gasteiger partial charge in [-0.05, 0) is 18.3 Å². The summed E-state index contributed by atoms with van der Waals surface area (Å²) in [6.07, 6.45) is 0.547. The molecule has 0 aromatic rings. The van der Waals surface area contributed by atoms with Crippen molar-refractivity contribution in [3.05, 3.63) is 0 Å². The summed E-state index contributed by atoms with van der Waals surface area (Å²) >= 11 is 1.78. The van der Waals surface area contributed by atoms with E-state index in [4.69, 9.17) is 9.47 Å². The van der Waals surface area contributed by atoms with Gasteiger partial charge >= 0.3 is 5.97 Å². The fourth-order valence-electron chi connectivity index (χ4n) is 1.90. The Morgan fingerprint density at radius 2 is 2.12 bits per heavy atom. The molecule has 1 aliphatic rings. The van der Waals surface area contributed by atoms with E-state index in [0.717, 1.165) is 17.9 Å². The number of rotatable bonds is 5. The van der Waals surface area contributed by atoms with Gasteiger partial charge in [0, 0.05) is 5.75 Å². The molecular formula is C13H24O3S. The second-order valence-corrected chi connectivity index (χ2v) is 6.44. The lowest BCUT2D eigenvalue weighted by atomic mass is 9.88. The predicted octanol–water partition coefficient (Wildman–Crippen LogP) is 2.94. The van der Waals surface area contributed by atoms with E-state index >= 15 is 0 Å². The zero-order valence-corrected chi connectivity index (χ0v) is 12.1. The maximum absolute atomic E-state index is 12.1. The van der Waals surface area contributed by atoms with Crippen LogP contribution in [0.4, 0.5) is 0 Å². The molecule has 0 spiro atoms. The van der Waals surface area contributed by atoms with Crippen LogP contribution >= 0.6 is 11.8 Å². The van der Waals surface area contributed by atoms with Gasteiger partial charge in [0.25, 0.3) is 0 Å². The van der Waals surface area contributed by atoms with E-state index < -0.39 is 0 Å². The average Bonchev–Trinajstić information content (AvgIpc) is 2.26. The molecule has 2 atom stereocenters. The third-order valence-corrected chi connectivity index (χ3v) is 3.83. The molecule has 1 fully saturated rings. The molecule has 17 heavy (non-hydrogen) atoms. The highest BCUT2D eigenvalue weighted by molar-refractivity contribution is 7.99. The maximum atomic E-state index is 12.1. The lowest BCUT2D eigenvalue weighted by molar-refractivity contribution is -0.180. The van der Waals surface area contributed by atoms with Crippen LogP contribution in [0.15, 0.2) is 0 Å². The van der Waals surface area contributed by atoms with E-state index in [1.54, 1.807) is 11.8 Å². The van der Waals surface area contributed by atoms with Crippen LogP contribution < -0.4 is 0 Å². The number of esters is 1. The van der Waals surface area contributed by atoms with Crippen LogP contribution in [0.1, 0.15) is 34.1 Å². The first-order chi connectivity index (χ1) is 8.00. The van der Waals surface area contributed by atoms with Crippen LogP contribution in [0.5, 0.6) is 0 Å². The van der Waals surface area contributed by atoms with Gasteiger partial charge in [-0.2, -0.15) is 11.8 Å².